The standard InChI is InChI=1S/C21H23N3O5/c22-21(26)18-8-4-5-11-23(18)20(25)14-29-19-10-9-17(24(27)28)13-16(19)12-15-6-2-1-3-7-15/h1-3,6-7,9-10,13,18H,4-5,8,11-12,14H2,(H2,22,26). The summed E-state index contributed by atoms with van der Waals surface area (Å²) in [6, 6.07) is 13.2. The number of nitrogens with zero attached hydrogens (tertiary/aromatic N) is 2. The Kier molecular flexibility index (Phi) is 6.43. The first kappa shape index (κ1) is 20.3. The number of carbonyl (C=O) groups is 2. The molecule has 8 heteroatoms. The quantitative estimate of drug-likeness (QED) is 0.569. The van der Waals surface area contributed by atoms with Crippen LogP contribution in [-0.2, 0) is 16.0 Å². The Morgan fingerprint density at radius 2 is 1.93 bits per heavy atom. The molecule has 1 aliphatic rings. The van der Waals surface area contributed by atoms with Crippen molar-refractivity contribution in [3.63, 3.8) is 0 Å². The molecule has 1 heterocycles. The second kappa shape index (κ2) is 9.18. The summed E-state index contributed by atoms with van der Waals surface area (Å²) >= 11 is 0. The van der Waals surface area contributed by atoms with Gasteiger partial charge in [0.05, 0.1) is 4.92 Å². The smallest absolute Gasteiger partial charge is 0.269 e. The number of piperidine rings is 1. The summed E-state index contributed by atoms with van der Waals surface area (Å²) in [6.45, 7) is 0.205. The highest BCUT2D eigenvalue weighted by Crippen LogP contribution is 2.27. The van der Waals surface area contributed by atoms with Crippen LogP contribution in [0.3, 0.4) is 0 Å². The Balaban J connectivity index is 1.76. The van der Waals surface area contributed by atoms with Crippen LogP contribution in [0.4, 0.5) is 5.69 Å². The lowest BCUT2D eigenvalue weighted by Crippen LogP contribution is -2.51. The number of nitrogens with two attached hydrogens (primary N) is 1. The number of non-ortho nitro benzene ring substituents is 1. The second-order valence-electron chi connectivity index (χ2n) is 7.00. The third kappa shape index (κ3) is 5.10. The van der Waals surface area contributed by atoms with Crippen molar-refractivity contribution in [2.24, 2.45) is 5.73 Å². The van der Waals surface area contributed by atoms with E-state index in [1.807, 2.05) is 30.3 Å². The van der Waals surface area contributed by atoms with Crippen LogP contribution in [0.2, 0.25) is 0 Å². The number of hydrogen-bond donors (Lipinski definition) is 1. The molecule has 1 saturated heterocycles. The summed E-state index contributed by atoms with van der Waals surface area (Å²) < 4.78 is 5.72. The molecule has 2 N–H and O–H groups in total. The average Bonchev–Trinajstić information content (AvgIpc) is 2.73. The maximum absolute atomic E-state index is 12.6. The van der Waals surface area contributed by atoms with E-state index in [9.17, 15) is 19.7 Å². The molecule has 29 heavy (non-hydrogen) atoms. The van der Waals surface area contributed by atoms with Crippen LogP contribution >= 0.6 is 0 Å². The summed E-state index contributed by atoms with van der Waals surface area (Å²) in [5, 5.41) is 11.1. The largest absolute Gasteiger partial charge is 0.483 e. The number of amides is 2. The molecule has 152 valence electrons. The normalized spacial score (nSPS) is 16.3. The minimum Gasteiger partial charge on any atom is -0.483 e. The van der Waals surface area contributed by atoms with Gasteiger partial charge in [-0.1, -0.05) is 30.3 Å². The Bertz CT molecular complexity index is 900. The number of ether oxygens (including phenoxy) is 1. The molecular weight excluding hydrogens is 374 g/mol. The molecule has 0 spiro atoms. The van der Waals surface area contributed by atoms with Gasteiger partial charge in [-0.05, 0) is 30.9 Å². The molecule has 1 unspecified atom stereocenters. The number of nitro benzene ring substituents is 1. The Morgan fingerprint density at radius 3 is 2.62 bits per heavy atom. The zero-order chi connectivity index (χ0) is 20.8. The lowest BCUT2D eigenvalue weighted by molar-refractivity contribution is -0.384. The van der Waals surface area contributed by atoms with Crippen molar-refractivity contribution >= 4 is 17.5 Å². The zero-order valence-electron chi connectivity index (χ0n) is 16.0. The van der Waals surface area contributed by atoms with Crippen molar-refractivity contribution in [3.05, 3.63) is 69.8 Å². The highest BCUT2D eigenvalue weighted by atomic mass is 16.6. The van der Waals surface area contributed by atoms with Gasteiger partial charge in [-0.25, -0.2) is 0 Å². The molecule has 0 aromatic heterocycles. The topological polar surface area (TPSA) is 116 Å². The van der Waals surface area contributed by atoms with E-state index in [1.54, 1.807) is 0 Å². The van der Waals surface area contributed by atoms with Crippen molar-refractivity contribution < 1.29 is 19.2 Å². The molecule has 0 saturated carbocycles. The van der Waals surface area contributed by atoms with E-state index in [0.717, 1.165) is 18.4 Å². The SMILES string of the molecule is NC(=O)C1CCCCN1C(=O)COc1ccc([N+](=O)[O-])cc1Cc1ccccc1. The van der Waals surface area contributed by atoms with E-state index in [1.165, 1.54) is 23.1 Å². The Morgan fingerprint density at radius 1 is 1.17 bits per heavy atom. The molecule has 0 radical (unpaired) electrons. The highest BCUT2D eigenvalue weighted by molar-refractivity contribution is 5.87. The lowest BCUT2D eigenvalue weighted by atomic mass is 10.0. The highest BCUT2D eigenvalue weighted by Gasteiger charge is 2.30. The molecule has 3 rings (SSSR count). The first-order valence-electron chi connectivity index (χ1n) is 9.48. The number of carbonyl (C=O) groups excluding carboxylic acids is 2. The monoisotopic (exact) mass is 397 g/mol. The first-order chi connectivity index (χ1) is 14.0. The minimum atomic E-state index is -0.611. The van der Waals surface area contributed by atoms with E-state index in [2.05, 4.69) is 0 Å². The van der Waals surface area contributed by atoms with E-state index < -0.39 is 16.9 Å². The van der Waals surface area contributed by atoms with E-state index in [-0.39, 0.29) is 18.2 Å². The van der Waals surface area contributed by atoms with Gasteiger partial charge >= 0.3 is 0 Å². The zero-order valence-corrected chi connectivity index (χ0v) is 16.0. The maximum atomic E-state index is 12.6. The van der Waals surface area contributed by atoms with Crippen LogP contribution in [0.1, 0.15) is 30.4 Å². The number of rotatable bonds is 7. The van der Waals surface area contributed by atoms with Gasteiger partial charge in [0.25, 0.3) is 11.6 Å². The summed E-state index contributed by atoms with van der Waals surface area (Å²) in [4.78, 5) is 36.4. The third-order valence-electron chi connectivity index (χ3n) is 5.00. The molecule has 1 atom stereocenters. The lowest BCUT2D eigenvalue weighted by Gasteiger charge is -2.33. The van der Waals surface area contributed by atoms with Gasteiger partial charge in [0.2, 0.25) is 5.91 Å². The van der Waals surface area contributed by atoms with Gasteiger partial charge in [-0.3, -0.25) is 19.7 Å². The second-order valence-corrected chi connectivity index (χ2v) is 7.00. The molecule has 1 aliphatic heterocycles. The average molecular weight is 397 g/mol. The van der Waals surface area contributed by atoms with Crippen molar-refractivity contribution in [2.45, 2.75) is 31.7 Å². The molecule has 2 amide bonds. The third-order valence-corrected chi connectivity index (χ3v) is 5.00. The molecule has 0 aliphatic carbocycles. The van der Waals surface area contributed by atoms with Crippen molar-refractivity contribution in [2.75, 3.05) is 13.2 Å². The number of likely N-dealkylation sites (tertiary alicyclic amines) is 1. The number of benzene rings is 2. The van der Waals surface area contributed by atoms with Crippen LogP contribution < -0.4 is 10.5 Å². The fraction of sp³-hybridized carbons (Fsp3) is 0.333. The van der Waals surface area contributed by atoms with Gasteiger partial charge in [0.15, 0.2) is 6.61 Å². The van der Waals surface area contributed by atoms with Crippen LogP contribution in [-0.4, -0.2) is 40.8 Å². The predicted octanol–water partition coefficient (Wildman–Crippen LogP) is 2.43. The van der Waals surface area contributed by atoms with Gasteiger partial charge in [0, 0.05) is 30.7 Å². The summed E-state index contributed by atoms with van der Waals surface area (Å²) in [5.74, 6) is -0.434. The van der Waals surface area contributed by atoms with Crippen LogP contribution in [0.5, 0.6) is 5.75 Å². The van der Waals surface area contributed by atoms with Gasteiger partial charge in [0.1, 0.15) is 11.8 Å². The number of nitro groups is 1. The Hall–Kier alpha value is -3.42. The predicted molar refractivity (Wildman–Crippen MR) is 106 cm³/mol. The molecule has 2 aromatic rings. The molecular formula is C21H23N3O5. The van der Waals surface area contributed by atoms with Gasteiger partial charge < -0.3 is 15.4 Å². The van der Waals surface area contributed by atoms with Crippen molar-refractivity contribution in [1.82, 2.24) is 4.90 Å². The fourth-order valence-corrected chi connectivity index (χ4v) is 3.52. The summed E-state index contributed by atoms with van der Waals surface area (Å²) in [5.41, 5.74) is 6.96. The first-order valence-corrected chi connectivity index (χ1v) is 9.48. The fourth-order valence-electron chi connectivity index (χ4n) is 3.52. The van der Waals surface area contributed by atoms with Crippen LogP contribution in [0, 0.1) is 10.1 Å². The van der Waals surface area contributed by atoms with E-state index >= 15 is 0 Å². The van der Waals surface area contributed by atoms with Gasteiger partial charge in [-0.15, -0.1) is 0 Å². The van der Waals surface area contributed by atoms with Crippen LogP contribution in [0.25, 0.3) is 0 Å². The van der Waals surface area contributed by atoms with Crippen molar-refractivity contribution in [1.29, 1.82) is 0 Å². The molecule has 2 aromatic carbocycles. The molecule has 0 bridgehead atoms. The number of primary amides is 1. The van der Waals surface area contributed by atoms with Gasteiger partial charge in [-0.2, -0.15) is 0 Å². The number of hydrogen-bond acceptors (Lipinski definition) is 5. The van der Waals surface area contributed by atoms with E-state index in [0.29, 0.717) is 30.7 Å². The minimum absolute atomic E-state index is 0.0422. The van der Waals surface area contributed by atoms with Crippen LogP contribution in [0.15, 0.2) is 48.5 Å². The summed E-state index contributed by atoms with van der Waals surface area (Å²) in [6.07, 6.45) is 2.64. The van der Waals surface area contributed by atoms with E-state index in [4.69, 9.17) is 10.5 Å². The Labute approximate surface area is 168 Å². The maximum Gasteiger partial charge on any atom is 0.269 e. The molecule has 1 fully saturated rings. The van der Waals surface area contributed by atoms with Crippen molar-refractivity contribution in [3.8, 4) is 5.75 Å². The molecule has 8 nitrogen and oxygen atoms in total. The summed E-state index contributed by atoms with van der Waals surface area (Å²) in [7, 11) is 0.